The Balaban J connectivity index is 2.15. The minimum Gasteiger partial charge on any atom is -0.328 e. The van der Waals surface area contributed by atoms with E-state index in [4.69, 9.17) is 5.73 Å². The summed E-state index contributed by atoms with van der Waals surface area (Å²) in [5, 5.41) is 0. The van der Waals surface area contributed by atoms with Crippen LogP contribution in [0.4, 0.5) is 0 Å². The number of imide groups is 1. The fourth-order valence-corrected chi connectivity index (χ4v) is 2.02. The van der Waals surface area contributed by atoms with Gasteiger partial charge in [0.25, 0.3) is 0 Å². The number of amides is 2. The first-order valence-electron chi connectivity index (χ1n) is 4.77. The standard InChI is InChI=1S/C9H14N2O2/c1-2-5(4-10)11-8(12)6-3-7(6)9(11)13/h5-7H,2-4,10H2,1H3. The monoisotopic (exact) mass is 182 g/mol. The molecule has 4 heteroatoms. The van der Waals surface area contributed by atoms with E-state index in [2.05, 4.69) is 0 Å². The Morgan fingerprint density at radius 1 is 1.46 bits per heavy atom. The van der Waals surface area contributed by atoms with Gasteiger partial charge in [0.1, 0.15) is 0 Å². The number of fused-ring (bicyclic) bond motifs is 1. The highest BCUT2D eigenvalue weighted by molar-refractivity contribution is 6.09. The number of nitrogens with zero attached hydrogens (tertiary/aromatic N) is 1. The molecule has 2 N–H and O–H groups in total. The summed E-state index contributed by atoms with van der Waals surface area (Å²) in [4.78, 5) is 24.5. The first-order chi connectivity index (χ1) is 6.20. The summed E-state index contributed by atoms with van der Waals surface area (Å²) >= 11 is 0. The van der Waals surface area contributed by atoms with Gasteiger partial charge in [-0.1, -0.05) is 6.92 Å². The highest BCUT2D eigenvalue weighted by atomic mass is 16.2. The van der Waals surface area contributed by atoms with E-state index in [1.807, 2.05) is 6.92 Å². The van der Waals surface area contributed by atoms with Crippen molar-refractivity contribution in [2.75, 3.05) is 6.54 Å². The van der Waals surface area contributed by atoms with Crippen molar-refractivity contribution in [1.82, 2.24) is 4.90 Å². The number of likely N-dealkylation sites (tertiary alicyclic amines) is 1. The van der Waals surface area contributed by atoms with Crippen molar-refractivity contribution >= 4 is 11.8 Å². The third-order valence-electron chi connectivity index (χ3n) is 3.01. The molecule has 2 fully saturated rings. The molecule has 3 atom stereocenters. The topological polar surface area (TPSA) is 63.4 Å². The van der Waals surface area contributed by atoms with Crippen LogP contribution in [0.2, 0.25) is 0 Å². The first kappa shape index (κ1) is 8.69. The molecule has 2 amide bonds. The van der Waals surface area contributed by atoms with Crippen LogP contribution in [0.25, 0.3) is 0 Å². The normalized spacial score (nSPS) is 33.5. The van der Waals surface area contributed by atoms with E-state index in [0.29, 0.717) is 6.54 Å². The van der Waals surface area contributed by atoms with Crippen LogP contribution in [0.3, 0.4) is 0 Å². The number of hydrogen-bond acceptors (Lipinski definition) is 3. The third kappa shape index (κ3) is 1.09. The summed E-state index contributed by atoms with van der Waals surface area (Å²) in [5.41, 5.74) is 5.50. The Labute approximate surface area is 77.1 Å². The summed E-state index contributed by atoms with van der Waals surface area (Å²) in [5.74, 6) is 0.0285. The molecule has 2 aliphatic rings. The molecule has 1 aliphatic heterocycles. The zero-order valence-electron chi connectivity index (χ0n) is 7.69. The van der Waals surface area contributed by atoms with Gasteiger partial charge in [-0.25, -0.2) is 0 Å². The second-order valence-electron chi connectivity index (χ2n) is 3.79. The summed E-state index contributed by atoms with van der Waals surface area (Å²) in [6.45, 7) is 2.33. The fraction of sp³-hybridized carbons (Fsp3) is 0.778. The molecule has 72 valence electrons. The molecule has 1 aliphatic carbocycles. The number of nitrogens with two attached hydrogens (primary N) is 1. The number of carbonyl (C=O) groups excluding carboxylic acids is 2. The Bertz CT molecular complexity index is 240. The van der Waals surface area contributed by atoms with Gasteiger partial charge in [0.05, 0.1) is 17.9 Å². The lowest BCUT2D eigenvalue weighted by molar-refractivity contribution is -0.143. The fourth-order valence-electron chi connectivity index (χ4n) is 2.02. The molecular formula is C9H14N2O2. The van der Waals surface area contributed by atoms with Crippen molar-refractivity contribution in [3.63, 3.8) is 0 Å². The zero-order chi connectivity index (χ0) is 9.59. The van der Waals surface area contributed by atoms with Crippen LogP contribution in [0.1, 0.15) is 19.8 Å². The number of rotatable bonds is 3. The summed E-state index contributed by atoms with van der Waals surface area (Å²) in [6, 6.07) is -0.0761. The molecular weight excluding hydrogens is 168 g/mol. The summed E-state index contributed by atoms with van der Waals surface area (Å²) < 4.78 is 0. The predicted molar refractivity (Wildman–Crippen MR) is 46.6 cm³/mol. The minimum absolute atomic E-state index is 0.00676. The minimum atomic E-state index is -0.0761. The average Bonchev–Trinajstić information content (AvgIpc) is 2.86. The lowest BCUT2D eigenvalue weighted by Gasteiger charge is -2.25. The lowest BCUT2D eigenvalue weighted by Crippen LogP contribution is -2.45. The Morgan fingerprint density at radius 3 is 2.38 bits per heavy atom. The average molecular weight is 182 g/mol. The van der Waals surface area contributed by atoms with Crippen molar-refractivity contribution < 1.29 is 9.59 Å². The molecule has 3 unspecified atom stereocenters. The number of carbonyl (C=O) groups is 2. The van der Waals surface area contributed by atoms with Crippen LogP contribution in [0.15, 0.2) is 0 Å². The Kier molecular flexibility index (Phi) is 1.87. The van der Waals surface area contributed by atoms with Crippen LogP contribution in [0.5, 0.6) is 0 Å². The highest BCUT2D eigenvalue weighted by Gasteiger charge is 2.59. The van der Waals surface area contributed by atoms with E-state index in [9.17, 15) is 9.59 Å². The maximum atomic E-state index is 11.6. The van der Waals surface area contributed by atoms with Crippen molar-refractivity contribution in [2.45, 2.75) is 25.8 Å². The molecule has 1 saturated heterocycles. The van der Waals surface area contributed by atoms with E-state index in [1.54, 1.807) is 0 Å². The molecule has 0 aromatic heterocycles. The van der Waals surface area contributed by atoms with Crippen LogP contribution >= 0.6 is 0 Å². The van der Waals surface area contributed by atoms with Crippen LogP contribution in [-0.2, 0) is 9.59 Å². The summed E-state index contributed by atoms with van der Waals surface area (Å²) in [6.07, 6.45) is 1.53. The van der Waals surface area contributed by atoms with Gasteiger partial charge in [-0.05, 0) is 12.8 Å². The third-order valence-corrected chi connectivity index (χ3v) is 3.01. The van der Waals surface area contributed by atoms with Crippen LogP contribution in [-0.4, -0.2) is 29.3 Å². The quantitative estimate of drug-likeness (QED) is 0.611. The number of piperidine rings is 1. The zero-order valence-corrected chi connectivity index (χ0v) is 7.69. The van der Waals surface area contributed by atoms with Crippen molar-refractivity contribution in [1.29, 1.82) is 0 Å². The molecule has 2 rings (SSSR count). The van der Waals surface area contributed by atoms with Crippen molar-refractivity contribution in [3.8, 4) is 0 Å². The van der Waals surface area contributed by atoms with Gasteiger partial charge in [0.2, 0.25) is 11.8 Å². The number of hydrogen-bond donors (Lipinski definition) is 1. The second kappa shape index (κ2) is 2.80. The molecule has 4 nitrogen and oxygen atoms in total. The van der Waals surface area contributed by atoms with Crippen LogP contribution < -0.4 is 5.73 Å². The van der Waals surface area contributed by atoms with Gasteiger partial charge in [0, 0.05) is 6.54 Å². The maximum absolute atomic E-state index is 11.6. The molecule has 1 saturated carbocycles. The van der Waals surface area contributed by atoms with Crippen molar-refractivity contribution in [2.24, 2.45) is 17.6 Å². The SMILES string of the molecule is CCC(CN)N1C(=O)C2CC2C1=O. The molecule has 0 radical (unpaired) electrons. The second-order valence-corrected chi connectivity index (χ2v) is 3.79. The van der Waals surface area contributed by atoms with Gasteiger partial charge in [0.15, 0.2) is 0 Å². The van der Waals surface area contributed by atoms with Crippen LogP contribution in [0, 0.1) is 11.8 Å². The molecule has 0 aromatic rings. The van der Waals surface area contributed by atoms with Gasteiger partial charge < -0.3 is 5.73 Å². The van der Waals surface area contributed by atoms with E-state index >= 15 is 0 Å². The van der Waals surface area contributed by atoms with E-state index < -0.39 is 0 Å². The van der Waals surface area contributed by atoms with E-state index in [-0.39, 0.29) is 29.7 Å². The summed E-state index contributed by atoms with van der Waals surface area (Å²) in [7, 11) is 0. The van der Waals surface area contributed by atoms with Crippen molar-refractivity contribution in [3.05, 3.63) is 0 Å². The molecule has 0 aromatic carbocycles. The maximum Gasteiger partial charge on any atom is 0.233 e. The predicted octanol–water partition coefficient (Wildman–Crippen LogP) is -0.271. The van der Waals surface area contributed by atoms with Gasteiger partial charge in [-0.2, -0.15) is 0 Å². The van der Waals surface area contributed by atoms with Gasteiger partial charge in [-0.3, -0.25) is 14.5 Å². The Morgan fingerprint density at radius 2 is 2.00 bits per heavy atom. The van der Waals surface area contributed by atoms with Gasteiger partial charge in [-0.15, -0.1) is 0 Å². The molecule has 1 heterocycles. The van der Waals surface area contributed by atoms with E-state index in [0.717, 1.165) is 12.8 Å². The lowest BCUT2D eigenvalue weighted by atomic mass is 10.2. The molecule has 0 bridgehead atoms. The highest BCUT2D eigenvalue weighted by Crippen LogP contribution is 2.47. The largest absolute Gasteiger partial charge is 0.328 e. The van der Waals surface area contributed by atoms with E-state index in [1.165, 1.54) is 4.90 Å². The molecule has 13 heavy (non-hydrogen) atoms. The smallest absolute Gasteiger partial charge is 0.233 e. The van der Waals surface area contributed by atoms with Gasteiger partial charge >= 0.3 is 0 Å². The first-order valence-corrected chi connectivity index (χ1v) is 4.77. The molecule has 0 spiro atoms. The Hall–Kier alpha value is -0.900.